The normalized spacial score (nSPS) is 11.5. The van der Waals surface area contributed by atoms with E-state index in [1.807, 2.05) is 12.1 Å². The van der Waals surface area contributed by atoms with Gasteiger partial charge in [-0.2, -0.15) is 0 Å². The number of thioether (sulfide) groups is 1. The third-order valence-corrected chi connectivity index (χ3v) is 5.15. The molecule has 0 aliphatic carbocycles. The monoisotopic (exact) mass is 411 g/mol. The van der Waals surface area contributed by atoms with Gasteiger partial charge in [0.25, 0.3) is 5.22 Å². The van der Waals surface area contributed by atoms with E-state index in [4.69, 9.17) is 25.9 Å². The van der Waals surface area contributed by atoms with E-state index in [1.54, 1.807) is 24.3 Å². The first-order valence-electron chi connectivity index (χ1n) is 7.40. The number of nitrogens with zero attached hydrogens (tertiary/aromatic N) is 2. The summed E-state index contributed by atoms with van der Waals surface area (Å²) in [5, 5.41) is 14.0. The topological polar surface area (TPSA) is 108 Å². The van der Waals surface area contributed by atoms with Crippen LogP contribution in [0.25, 0.3) is 11.5 Å². The number of benzene rings is 2. The van der Waals surface area contributed by atoms with Crippen molar-refractivity contribution in [3.8, 4) is 17.2 Å². The van der Waals surface area contributed by atoms with Crippen LogP contribution >= 0.6 is 23.4 Å². The van der Waals surface area contributed by atoms with Crippen molar-refractivity contribution in [2.24, 2.45) is 5.14 Å². The van der Waals surface area contributed by atoms with Gasteiger partial charge in [0, 0.05) is 16.3 Å². The summed E-state index contributed by atoms with van der Waals surface area (Å²) in [6.45, 7) is 0.383. The number of hydrogen-bond donors (Lipinski definition) is 1. The highest BCUT2D eigenvalue weighted by Gasteiger charge is 2.10. The first-order chi connectivity index (χ1) is 12.4. The molecule has 0 saturated carbocycles. The zero-order valence-electron chi connectivity index (χ0n) is 13.3. The Bertz CT molecular complexity index is 991. The molecular weight excluding hydrogens is 398 g/mol. The second kappa shape index (κ2) is 8.09. The SMILES string of the molecule is NS(=O)(=O)c1ccc(OCCSc2nnc(-c3cccc(Cl)c3)o2)cc1. The maximum absolute atomic E-state index is 11.2. The lowest BCUT2D eigenvalue weighted by molar-refractivity contribution is 0.343. The fraction of sp³-hybridized carbons (Fsp3) is 0.125. The van der Waals surface area contributed by atoms with E-state index in [9.17, 15) is 8.42 Å². The summed E-state index contributed by atoms with van der Waals surface area (Å²) in [5.74, 6) is 1.52. The minimum atomic E-state index is -3.70. The second-order valence-electron chi connectivity index (χ2n) is 5.10. The van der Waals surface area contributed by atoms with Gasteiger partial charge in [-0.25, -0.2) is 13.6 Å². The molecule has 3 aromatic rings. The molecule has 7 nitrogen and oxygen atoms in total. The fourth-order valence-corrected chi connectivity index (χ4v) is 3.30. The average molecular weight is 412 g/mol. The Labute approximate surface area is 159 Å². The molecule has 0 aliphatic heterocycles. The Hall–Kier alpha value is -2.07. The summed E-state index contributed by atoms with van der Waals surface area (Å²) in [4.78, 5) is 0.0404. The molecule has 0 unspecified atom stereocenters. The quantitative estimate of drug-likeness (QED) is 0.469. The predicted molar refractivity (Wildman–Crippen MR) is 98.8 cm³/mol. The van der Waals surface area contributed by atoms with Crippen molar-refractivity contribution in [2.45, 2.75) is 10.1 Å². The second-order valence-corrected chi connectivity index (χ2v) is 8.14. The van der Waals surface area contributed by atoms with Crippen LogP contribution in [0.15, 0.2) is 63.1 Å². The number of halogens is 1. The van der Waals surface area contributed by atoms with Crippen LogP contribution in [-0.4, -0.2) is 31.0 Å². The first-order valence-corrected chi connectivity index (χ1v) is 10.3. The van der Waals surface area contributed by atoms with Crippen LogP contribution in [0.2, 0.25) is 5.02 Å². The van der Waals surface area contributed by atoms with E-state index >= 15 is 0 Å². The van der Waals surface area contributed by atoms with Crippen LogP contribution in [-0.2, 0) is 10.0 Å². The van der Waals surface area contributed by atoms with Crippen molar-refractivity contribution < 1.29 is 17.6 Å². The van der Waals surface area contributed by atoms with Gasteiger partial charge in [0.15, 0.2) is 0 Å². The summed E-state index contributed by atoms with van der Waals surface area (Å²) in [6.07, 6.45) is 0. The van der Waals surface area contributed by atoms with Crippen molar-refractivity contribution in [3.63, 3.8) is 0 Å². The summed E-state index contributed by atoms with van der Waals surface area (Å²) in [6, 6.07) is 13.1. The summed E-state index contributed by atoms with van der Waals surface area (Å²) in [5.41, 5.74) is 0.753. The molecule has 2 aromatic carbocycles. The van der Waals surface area contributed by atoms with E-state index in [2.05, 4.69) is 10.2 Å². The van der Waals surface area contributed by atoms with Crippen molar-refractivity contribution in [2.75, 3.05) is 12.4 Å². The maximum atomic E-state index is 11.2. The zero-order chi connectivity index (χ0) is 18.6. The van der Waals surface area contributed by atoms with Gasteiger partial charge in [0.1, 0.15) is 5.75 Å². The molecule has 1 heterocycles. The van der Waals surface area contributed by atoms with Gasteiger partial charge in [-0.05, 0) is 42.5 Å². The van der Waals surface area contributed by atoms with Gasteiger partial charge >= 0.3 is 0 Å². The Balaban J connectivity index is 1.50. The third kappa shape index (κ3) is 4.98. The number of nitrogens with two attached hydrogens (primary N) is 1. The van der Waals surface area contributed by atoms with E-state index in [0.29, 0.717) is 34.2 Å². The number of rotatable bonds is 7. The van der Waals surface area contributed by atoms with Crippen molar-refractivity contribution >= 4 is 33.4 Å². The minimum Gasteiger partial charge on any atom is -0.493 e. The fourth-order valence-electron chi connectivity index (χ4n) is 2.02. The van der Waals surface area contributed by atoms with Crippen LogP contribution in [0.3, 0.4) is 0 Å². The molecule has 0 saturated heterocycles. The molecule has 0 fully saturated rings. The Morgan fingerprint density at radius 3 is 2.62 bits per heavy atom. The maximum Gasteiger partial charge on any atom is 0.276 e. The number of primary sulfonamides is 1. The highest BCUT2D eigenvalue weighted by molar-refractivity contribution is 7.99. The molecule has 10 heteroatoms. The molecular formula is C16H14ClN3O4S2. The van der Waals surface area contributed by atoms with Crippen LogP contribution < -0.4 is 9.88 Å². The number of sulfonamides is 1. The van der Waals surface area contributed by atoms with E-state index < -0.39 is 10.0 Å². The van der Waals surface area contributed by atoms with Crippen LogP contribution in [0, 0.1) is 0 Å². The van der Waals surface area contributed by atoms with Gasteiger partial charge in [-0.15, -0.1) is 10.2 Å². The lowest BCUT2D eigenvalue weighted by Crippen LogP contribution is -2.11. The van der Waals surface area contributed by atoms with E-state index in [0.717, 1.165) is 5.56 Å². The van der Waals surface area contributed by atoms with E-state index in [1.165, 1.54) is 23.9 Å². The van der Waals surface area contributed by atoms with Gasteiger partial charge in [0.05, 0.1) is 11.5 Å². The number of hydrogen-bond acceptors (Lipinski definition) is 7. The Morgan fingerprint density at radius 1 is 1.15 bits per heavy atom. The molecule has 0 aliphatic rings. The smallest absolute Gasteiger partial charge is 0.276 e. The zero-order valence-corrected chi connectivity index (χ0v) is 15.7. The molecule has 0 radical (unpaired) electrons. The Morgan fingerprint density at radius 2 is 1.92 bits per heavy atom. The summed E-state index contributed by atoms with van der Waals surface area (Å²) in [7, 11) is -3.70. The van der Waals surface area contributed by atoms with Crippen molar-refractivity contribution in [3.05, 3.63) is 53.6 Å². The number of ether oxygens (including phenoxy) is 1. The number of aromatic nitrogens is 2. The van der Waals surface area contributed by atoms with Crippen molar-refractivity contribution in [1.82, 2.24) is 10.2 Å². The third-order valence-electron chi connectivity index (χ3n) is 3.21. The predicted octanol–water partition coefficient (Wildman–Crippen LogP) is 3.21. The standard InChI is InChI=1S/C16H14ClN3O4S2/c17-12-3-1-2-11(10-12)15-19-20-16(24-15)25-9-8-23-13-4-6-14(7-5-13)26(18,21)22/h1-7,10H,8-9H2,(H2,18,21,22). The lowest BCUT2D eigenvalue weighted by Gasteiger charge is -2.05. The molecule has 1 aromatic heterocycles. The molecule has 3 rings (SSSR count). The lowest BCUT2D eigenvalue weighted by atomic mass is 10.2. The molecule has 26 heavy (non-hydrogen) atoms. The molecule has 0 bridgehead atoms. The largest absolute Gasteiger partial charge is 0.493 e. The van der Waals surface area contributed by atoms with Gasteiger partial charge in [-0.3, -0.25) is 0 Å². The molecule has 0 amide bonds. The van der Waals surface area contributed by atoms with E-state index in [-0.39, 0.29) is 4.90 Å². The van der Waals surface area contributed by atoms with Gasteiger partial charge in [0.2, 0.25) is 15.9 Å². The summed E-state index contributed by atoms with van der Waals surface area (Å²) < 4.78 is 33.5. The minimum absolute atomic E-state index is 0.0404. The highest BCUT2D eigenvalue weighted by Crippen LogP contribution is 2.25. The molecule has 0 atom stereocenters. The van der Waals surface area contributed by atoms with Crippen LogP contribution in [0.4, 0.5) is 0 Å². The summed E-state index contributed by atoms with van der Waals surface area (Å²) >= 11 is 7.30. The van der Waals surface area contributed by atoms with Gasteiger partial charge in [-0.1, -0.05) is 29.4 Å². The van der Waals surface area contributed by atoms with Crippen molar-refractivity contribution in [1.29, 1.82) is 0 Å². The average Bonchev–Trinajstić information content (AvgIpc) is 3.07. The molecule has 0 spiro atoms. The van der Waals surface area contributed by atoms with Crippen LogP contribution in [0.5, 0.6) is 5.75 Å². The molecule has 136 valence electrons. The van der Waals surface area contributed by atoms with Crippen LogP contribution in [0.1, 0.15) is 0 Å². The Kier molecular flexibility index (Phi) is 5.82. The first kappa shape index (κ1) is 18.7. The molecule has 2 N–H and O–H groups in total. The highest BCUT2D eigenvalue weighted by atomic mass is 35.5. The van der Waals surface area contributed by atoms with Gasteiger partial charge < -0.3 is 9.15 Å².